The van der Waals surface area contributed by atoms with Crippen molar-refractivity contribution in [3.05, 3.63) is 24.0 Å². The third-order valence-electron chi connectivity index (χ3n) is 4.15. The SMILES string of the molecule is CCNC(CCO)CCCc1ccc(N2CCCC2=O)cn1. The number of aliphatic hydroxyl groups is 1. The Morgan fingerprint density at radius 3 is 2.86 bits per heavy atom. The highest BCUT2D eigenvalue weighted by molar-refractivity contribution is 5.95. The van der Waals surface area contributed by atoms with Gasteiger partial charge >= 0.3 is 0 Å². The number of anilines is 1. The van der Waals surface area contributed by atoms with Gasteiger partial charge in [-0.1, -0.05) is 6.92 Å². The second-order valence-electron chi connectivity index (χ2n) is 5.82. The fourth-order valence-corrected chi connectivity index (χ4v) is 2.97. The Bertz CT molecular complexity index is 455. The van der Waals surface area contributed by atoms with Gasteiger partial charge in [0.1, 0.15) is 0 Å². The van der Waals surface area contributed by atoms with Gasteiger partial charge in [-0.2, -0.15) is 0 Å². The van der Waals surface area contributed by atoms with Crippen LogP contribution in [0.25, 0.3) is 0 Å². The molecular formula is C17H27N3O2. The molecule has 1 aromatic rings. The number of aromatic nitrogens is 1. The van der Waals surface area contributed by atoms with Crippen molar-refractivity contribution in [1.29, 1.82) is 0 Å². The monoisotopic (exact) mass is 305 g/mol. The molecule has 2 rings (SSSR count). The van der Waals surface area contributed by atoms with Gasteiger partial charge in [-0.05, 0) is 50.8 Å². The number of aliphatic hydroxyl groups excluding tert-OH is 1. The Morgan fingerprint density at radius 1 is 1.41 bits per heavy atom. The van der Waals surface area contributed by atoms with Crippen LogP contribution in [-0.4, -0.2) is 41.7 Å². The average Bonchev–Trinajstić information content (AvgIpc) is 2.95. The number of amides is 1. The summed E-state index contributed by atoms with van der Waals surface area (Å²) in [4.78, 5) is 18.0. The maximum absolute atomic E-state index is 11.7. The van der Waals surface area contributed by atoms with Crippen molar-refractivity contribution in [3.8, 4) is 0 Å². The van der Waals surface area contributed by atoms with Crippen LogP contribution in [-0.2, 0) is 11.2 Å². The zero-order valence-electron chi connectivity index (χ0n) is 13.4. The summed E-state index contributed by atoms with van der Waals surface area (Å²) in [5.74, 6) is 0.201. The number of hydrogen-bond acceptors (Lipinski definition) is 4. The summed E-state index contributed by atoms with van der Waals surface area (Å²) in [6, 6.07) is 4.41. The molecule has 0 aromatic carbocycles. The summed E-state index contributed by atoms with van der Waals surface area (Å²) in [6.45, 7) is 4.06. The molecule has 1 saturated heterocycles. The molecule has 0 bridgehead atoms. The molecule has 0 saturated carbocycles. The number of rotatable bonds is 9. The Labute approximate surface area is 132 Å². The van der Waals surface area contributed by atoms with E-state index in [2.05, 4.69) is 17.2 Å². The van der Waals surface area contributed by atoms with Crippen LogP contribution in [0.15, 0.2) is 18.3 Å². The highest BCUT2D eigenvalue weighted by Gasteiger charge is 2.21. The normalized spacial score (nSPS) is 16.3. The van der Waals surface area contributed by atoms with Gasteiger partial charge in [0.25, 0.3) is 0 Å². The molecule has 1 unspecified atom stereocenters. The maximum atomic E-state index is 11.7. The molecule has 1 atom stereocenters. The van der Waals surface area contributed by atoms with E-state index in [0.29, 0.717) is 12.5 Å². The third kappa shape index (κ3) is 4.78. The van der Waals surface area contributed by atoms with E-state index in [9.17, 15) is 4.79 Å². The predicted octanol–water partition coefficient (Wildman–Crippen LogP) is 1.89. The van der Waals surface area contributed by atoms with Crippen molar-refractivity contribution in [3.63, 3.8) is 0 Å². The van der Waals surface area contributed by atoms with E-state index in [0.717, 1.165) is 56.6 Å². The van der Waals surface area contributed by atoms with Crippen LogP contribution >= 0.6 is 0 Å². The number of aryl methyl sites for hydroxylation is 1. The van der Waals surface area contributed by atoms with Crippen molar-refractivity contribution in [1.82, 2.24) is 10.3 Å². The van der Waals surface area contributed by atoms with Crippen molar-refractivity contribution >= 4 is 11.6 Å². The minimum absolute atomic E-state index is 0.201. The van der Waals surface area contributed by atoms with Gasteiger partial charge in [-0.3, -0.25) is 9.78 Å². The fraction of sp³-hybridized carbons (Fsp3) is 0.647. The molecule has 0 aliphatic carbocycles. The molecule has 1 fully saturated rings. The first-order valence-corrected chi connectivity index (χ1v) is 8.34. The number of nitrogens with one attached hydrogen (secondary N) is 1. The summed E-state index contributed by atoms with van der Waals surface area (Å²) in [5, 5.41) is 12.4. The number of carbonyl (C=O) groups excluding carboxylic acids is 1. The second-order valence-corrected chi connectivity index (χ2v) is 5.82. The minimum Gasteiger partial charge on any atom is -0.396 e. The zero-order valence-corrected chi connectivity index (χ0v) is 13.4. The van der Waals surface area contributed by atoms with E-state index in [-0.39, 0.29) is 12.5 Å². The number of carbonyl (C=O) groups is 1. The van der Waals surface area contributed by atoms with E-state index < -0.39 is 0 Å². The molecule has 5 heteroatoms. The topological polar surface area (TPSA) is 65.5 Å². The first-order chi connectivity index (χ1) is 10.7. The average molecular weight is 305 g/mol. The summed E-state index contributed by atoms with van der Waals surface area (Å²) < 4.78 is 0. The Balaban J connectivity index is 1.80. The largest absolute Gasteiger partial charge is 0.396 e. The Kier molecular flexibility index (Phi) is 6.80. The quantitative estimate of drug-likeness (QED) is 0.731. The molecule has 1 aliphatic rings. The molecule has 0 spiro atoms. The zero-order chi connectivity index (χ0) is 15.8. The van der Waals surface area contributed by atoms with Crippen molar-refractivity contribution in [2.75, 3.05) is 24.6 Å². The van der Waals surface area contributed by atoms with Crippen LogP contribution in [0.3, 0.4) is 0 Å². The van der Waals surface area contributed by atoms with Crippen LogP contribution in [0.1, 0.15) is 44.7 Å². The minimum atomic E-state index is 0.201. The van der Waals surface area contributed by atoms with Gasteiger partial charge in [0.2, 0.25) is 5.91 Å². The lowest BCUT2D eigenvalue weighted by atomic mass is 10.1. The number of nitrogens with zero attached hydrogens (tertiary/aromatic N) is 2. The van der Waals surface area contributed by atoms with Crippen LogP contribution < -0.4 is 10.2 Å². The Morgan fingerprint density at radius 2 is 2.27 bits per heavy atom. The molecule has 1 aromatic heterocycles. The predicted molar refractivity (Wildman–Crippen MR) is 87.9 cm³/mol. The van der Waals surface area contributed by atoms with Gasteiger partial charge < -0.3 is 15.3 Å². The molecule has 22 heavy (non-hydrogen) atoms. The van der Waals surface area contributed by atoms with Gasteiger partial charge in [0.15, 0.2) is 0 Å². The molecule has 2 heterocycles. The maximum Gasteiger partial charge on any atom is 0.227 e. The van der Waals surface area contributed by atoms with Crippen molar-refractivity contribution in [2.45, 2.75) is 51.5 Å². The number of hydrogen-bond donors (Lipinski definition) is 2. The lowest BCUT2D eigenvalue weighted by Gasteiger charge is -2.17. The van der Waals surface area contributed by atoms with E-state index in [1.54, 1.807) is 0 Å². The summed E-state index contributed by atoms with van der Waals surface area (Å²) >= 11 is 0. The standard InChI is InChI=1S/C17H27N3O2/c1-2-18-15(10-12-21)6-3-5-14-8-9-16(13-19-14)20-11-4-7-17(20)22/h8-9,13,15,18,21H,2-7,10-12H2,1H3. The van der Waals surface area contributed by atoms with Crippen molar-refractivity contribution < 1.29 is 9.90 Å². The molecule has 1 amide bonds. The highest BCUT2D eigenvalue weighted by atomic mass is 16.3. The summed E-state index contributed by atoms with van der Waals surface area (Å²) in [7, 11) is 0. The van der Waals surface area contributed by atoms with E-state index >= 15 is 0 Å². The van der Waals surface area contributed by atoms with Crippen LogP contribution in [0.4, 0.5) is 5.69 Å². The van der Waals surface area contributed by atoms with E-state index in [1.807, 2.05) is 23.2 Å². The van der Waals surface area contributed by atoms with Gasteiger partial charge in [0.05, 0.1) is 11.9 Å². The smallest absolute Gasteiger partial charge is 0.227 e. The molecule has 0 radical (unpaired) electrons. The van der Waals surface area contributed by atoms with Gasteiger partial charge in [-0.25, -0.2) is 0 Å². The molecule has 5 nitrogen and oxygen atoms in total. The molecular weight excluding hydrogens is 278 g/mol. The first kappa shape index (κ1) is 16.9. The van der Waals surface area contributed by atoms with Gasteiger partial charge in [0, 0.05) is 31.3 Å². The van der Waals surface area contributed by atoms with Crippen LogP contribution in [0, 0.1) is 0 Å². The fourth-order valence-electron chi connectivity index (χ4n) is 2.97. The van der Waals surface area contributed by atoms with Crippen LogP contribution in [0.5, 0.6) is 0 Å². The molecule has 1 aliphatic heterocycles. The summed E-state index contributed by atoms with van der Waals surface area (Å²) in [5.41, 5.74) is 1.98. The summed E-state index contributed by atoms with van der Waals surface area (Å²) in [6.07, 6.45) is 7.23. The second kappa shape index (κ2) is 8.86. The lowest BCUT2D eigenvalue weighted by molar-refractivity contribution is -0.117. The van der Waals surface area contributed by atoms with E-state index in [1.165, 1.54) is 0 Å². The third-order valence-corrected chi connectivity index (χ3v) is 4.15. The van der Waals surface area contributed by atoms with Gasteiger partial charge in [-0.15, -0.1) is 0 Å². The molecule has 2 N–H and O–H groups in total. The Hall–Kier alpha value is -1.46. The molecule has 122 valence electrons. The highest BCUT2D eigenvalue weighted by Crippen LogP contribution is 2.20. The van der Waals surface area contributed by atoms with Crippen molar-refractivity contribution in [2.24, 2.45) is 0 Å². The van der Waals surface area contributed by atoms with Crippen LogP contribution in [0.2, 0.25) is 0 Å². The van der Waals surface area contributed by atoms with E-state index in [4.69, 9.17) is 5.11 Å². The lowest BCUT2D eigenvalue weighted by Crippen LogP contribution is -2.29. The number of pyridine rings is 1. The first-order valence-electron chi connectivity index (χ1n) is 8.34.